The lowest BCUT2D eigenvalue weighted by Gasteiger charge is -2.38. The molecule has 11 heteroatoms. The Bertz CT molecular complexity index is 1130. The molecule has 9 N–H and O–H groups in total. The summed E-state index contributed by atoms with van der Waals surface area (Å²) in [7, 11) is 0. The molecule has 34 heavy (non-hydrogen) atoms. The lowest BCUT2D eigenvalue weighted by molar-refractivity contribution is -0.121. The van der Waals surface area contributed by atoms with Crippen LogP contribution in [0.4, 0.5) is 0 Å². The molecular formula is C23H24O11. The Morgan fingerprint density at radius 1 is 0.912 bits per heavy atom. The molecule has 2 aliphatic rings. The van der Waals surface area contributed by atoms with Crippen molar-refractivity contribution in [3.8, 4) is 34.5 Å². The van der Waals surface area contributed by atoms with Gasteiger partial charge in [0.2, 0.25) is 0 Å². The van der Waals surface area contributed by atoms with E-state index in [9.17, 15) is 50.8 Å². The lowest BCUT2D eigenvalue weighted by Crippen LogP contribution is -2.41. The molecule has 0 bridgehead atoms. The Morgan fingerprint density at radius 3 is 2.18 bits per heavy atom. The maximum absolute atomic E-state index is 13.0. The summed E-state index contributed by atoms with van der Waals surface area (Å²) in [5, 5.41) is 90.3. The molecule has 1 aliphatic heterocycles. The first-order valence-electron chi connectivity index (χ1n) is 10.4. The number of hydrogen-bond donors (Lipinski definition) is 9. The Morgan fingerprint density at radius 2 is 1.56 bits per heavy atom. The molecule has 2 aromatic carbocycles. The van der Waals surface area contributed by atoms with Gasteiger partial charge in [0.15, 0.2) is 23.0 Å². The molecule has 11 nitrogen and oxygen atoms in total. The molecule has 2 aromatic rings. The van der Waals surface area contributed by atoms with Crippen molar-refractivity contribution in [2.24, 2.45) is 5.92 Å². The minimum absolute atomic E-state index is 0.0216. The van der Waals surface area contributed by atoms with Gasteiger partial charge in [0.05, 0.1) is 17.8 Å². The van der Waals surface area contributed by atoms with E-state index in [1.807, 2.05) is 0 Å². The second kappa shape index (κ2) is 8.69. The monoisotopic (exact) mass is 476 g/mol. The molecule has 4 rings (SSSR count). The molecule has 6 unspecified atom stereocenters. The third-order valence-corrected chi connectivity index (χ3v) is 6.19. The van der Waals surface area contributed by atoms with Gasteiger partial charge in [-0.1, -0.05) is 0 Å². The molecule has 0 fully saturated rings. The molecule has 1 heterocycles. The van der Waals surface area contributed by atoms with E-state index >= 15 is 0 Å². The molecule has 0 saturated heterocycles. The van der Waals surface area contributed by atoms with Crippen LogP contribution in [0.1, 0.15) is 36.2 Å². The lowest BCUT2D eigenvalue weighted by atomic mass is 9.78. The topological polar surface area (TPSA) is 208 Å². The number of aliphatic hydroxyl groups excluding tert-OH is 4. The molecular weight excluding hydrogens is 452 g/mol. The van der Waals surface area contributed by atoms with Gasteiger partial charge in [-0.25, -0.2) is 0 Å². The van der Waals surface area contributed by atoms with Crippen molar-refractivity contribution in [1.29, 1.82) is 0 Å². The number of aliphatic hydroxyl groups is 4. The number of aromatic hydroxyl groups is 5. The zero-order chi connectivity index (χ0) is 24.9. The van der Waals surface area contributed by atoms with Crippen LogP contribution < -0.4 is 4.74 Å². The van der Waals surface area contributed by atoms with E-state index in [4.69, 9.17) is 4.74 Å². The van der Waals surface area contributed by atoms with Crippen LogP contribution in [0.3, 0.4) is 0 Å². The number of carbonyl (C=O) groups is 1. The van der Waals surface area contributed by atoms with Gasteiger partial charge in [-0.2, -0.15) is 0 Å². The van der Waals surface area contributed by atoms with Crippen LogP contribution in [-0.4, -0.2) is 70.1 Å². The zero-order valence-corrected chi connectivity index (χ0v) is 17.6. The Kier molecular flexibility index (Phi) is 6.04. The first kappa shape index (κ1) is 23.6. The minimum Gasteiger partial charge on any atom is -0.508 e. The van der Waals surface area contributed by atoms with E-state index < -0.39 is 71.6 Å². The average Bonchev–Trinajstić information content (AvgIpc) is 2.76. The fourth-order valence-electron chi connectivity index (χ4n) is 4.42. The molecule has 0 saturated carbocycles. The van der Waals surface area contributed by atoms with E-state index in [0.717, 1.165) is 30.3 Å². The van der Waals surface area contributed by atoms with Crippen molar-refractivity contribution in [2.75, 3.05) is 0 Å². The zero-order valence-electron chi connectivity index (χ0n) is 17.6. The van der Waals surface area contributed by atoms with E-state index in [1.165, 1.54) is 0 Å². The summed E-state index contributed by atoms with van der Waals surface area (Å²) in [6.07, 6.45) is -6.54. The predicted molar refractivity (Wildman–Crippen MR) is 113 cm³/mol. The third-order valence-electron chi connectivity index (χ3n) is 6.19. The summed E-state index contributed by atoms with van der Waals surface area (Å²) in [5.74, 6) is -4.79. The molecule has 0 amide bonds. The number of benzene rings is 2. The fourth-order valence-corrected chi connectivity index (χ4v) is 4.42. The van der Waals surface area contributed by atoms with Crippen LogP contribution in [0, 0.1) is 5.92 Å². The third kappa shape index (κ3) is 4.10. The van der Waals surface area contributed by atoms with Crippen LogP contribution in [0.5, 0.6) is 34.5 Å². The number of Topliss-reactive ketones (excluding diaryl/α,β-unsaturated/α-hetero) is 1. The number of ether oxygens (including phenoxy) is 1. The van der Waals surface area contributed by atoms with Gasteiger partial charge in [0.1, 0.15) is 35.6 Å². The Labute approximate surface area is 192 Å². The van der Waals surface area contributed by atoms with Crippen molar-refractivity contribution in [3.63, 3.8) is 0 Å². The summed E-state index contributed by atoms with van der Waals surface area (Å²) in [4.78, 5) is 13.0. The van der Waals surface area contributed by atoms with Crippen LogP contribution in [0.2, 0.25) is 0 Å². The summed E-state index contributed by atoms with van der Waals surface area (Å²) in [6, 6.07) is 4.27. The van der Waals surface area contributed by atoms with Crippen LogP contribution >= 0.6 is 0 Å². The van der Waals surface area contributed by atoms with E-state index in [0.29, 0.717) is 0 Å². The molecule has 0 aromatic heterocycles. The van der Waals surface area contributed by atoms with Crippen LogP contribution in [-0.2, 0) is 4.79 Å². The first-order valence-corrected chi connectivity index (χ1v) is 10.4. The summed E-state index contributed by atoms with van der Waals surface area (Å²) in [6.45, 7) is 0. The maximum Gasteiger partial charge on any atom is 0.200 e. The van der Waals surface area contributed by atoms with E-state index in [2.05, 4.69) is 0 Å². The van der Waals surface area contributed by atoms with E-state index in [-0.39, 0.29) is 34.6 Å². The number of hydrogen-bond acceptors (Lipinski definition) is 11. The standard InChI is InChI=1S/C23H24O11/c24-10-5-13(26)19-18(6-10)34-23(9-3-16(29)22(33)17(30)4-9)11(20(19)31)7-12(25)8-1-14(27)21(32)15(28)2-8/h1,3-6,11,14-15,20-21,23-24,26-33H,2,7H2. The van der Waals surface area contributed by atoms with Crippen molar-refractivity contribution in [1.82, 2.24) is 0 Å². The van der Waals surface area contributed by atoms with Gasteiger partial charge in [-0.05, 0) is 23.8 Å². The summed E-state index contributed by atoms with van der Waals surface area (Å²) in [5.41, 5.74) is 0.00631. The summed E-state index contributed by atoms with van der Waals surface area (Å²) < 4.78 is 5.87. The second-order valence-corrected chi connectivity index (χ2v) is 8.50. The highest BCUT2D eigenvalue weighted by Crippen LogP contribution is 2.52. The van der Waals surface area contributed by atoms with Crippen molar-refractivity contribution >= 4 is 5.78 Å². The largest absolute Gasteiger partial charge is 0.508 e. The average molecular weight is 476 g/mol. The number of rotatable bonds is 4. The Balaban J connectivity index is 1.75. The van der Waals surface area contributed by atoms with Crippen molar-refractivity contribution in [3.05, 3.63) is 47.0 Å². The normalized spacial score (nSPS) is 28.5. The van der Waals surface area contributed by atoms with Crippen LogP contribution in [0.25, 0.3) is 0 Å². The SMILES string of the molecule is O=C(CC1C(O)c2c(O)cc(O)cc2OC1c1cc(O)c(O)c(O)c1)C1=CC(O)C(O)C(O)C1. The molecule has 6 atom stereocenters. The molecule has 182 valence electrons. The van der Waals surface area contributed by atoms with Gasteiger partial charge in [0.25, 0.3) is 0 Å². The quantitative estimate of drug-likeness (QED) is 0.275. The number of ketones is 1. The van der Waals surface area contributed by atoms with Gasteiger partial charge in [-0.15, -0.1) is 0 Å². The van der Waals surface area contributed by atoms with Gasteiger partial charge < -0.3 is 50.7 Å². The van der Waals surface area contributed by atoms with Crippen molar-refractivity contribution < 1.29 is 55.5 Å². The first-order chi connectivity index (χ1) is 16.0. The molecule has 0 spiro atoms. The Hall–Kier alpha value is -3.51. The number of fused-ring (bicyclic) bond motifs is 1. The minimum atomic E-state index is -1.51. The van der Waals surface area contributed by atoms with Gasteiger partial charge in [-0.3, -0.25) is 4.79 Å². The number of phenolic OH excluding ortho intramolecular Hbond substituents is 5. The highest BCUT2D eigenvalue weighted by Gasteiger charge is 2.43. The van der Waals surface area contributed by atoms with E-state index in [1.54, 1.807) is 0 Å². The van der Waals surface area contributed by atoms with Gasteiger partial charge in [0, 0.05) is 36.5 Å². The smallest absolute Gasteiger partial charge is 0.200 e. The van der Waals surface area contributed by atoms with Gasteiger partial charge >= 0.3 is 0 Å². The second-order valence-electron chi connectivity index (χ2n) is 8.50. The number of carbonyl (C=O) groups excluding carboxylic acids is 1. The molecule has 0 radical (unpaired) electrons. The highest BCUT2D eigenvalue weighted by molar-refractivity contribution is 5.96. The fraction of sp³-hybridized carbons (Fsp3) is 0.348. The van der Waals surface area contributed by atoms with Crippen LogP contribution in [0.15, 0.2) is 35.9 Å². The maximum atomic E-state index is 13.0. The number of phenols is 5. The predicted octanol–water partition coefficient (Wildman–Crippen LogP) is 0.370. The van der Waals surface area contributed by atoms with Crippen molar-refractivity contribution in [2.45, 2.75) is 43.4 Å². The summed E-state index contributed by atoms with van der Waals surface area (Å²) >= 11 is 0. The molecule has 1 aliphatic carbocycles. The highest BCUT2D eigenvalue weighted by atomic mass is 16.5.